The Hall–Kier alpha value is -1.94. The van der Waals surface area contributed by atoms with Crippen LogP contribution >= 0.6 is 11.6 Å². The van der Waals surface area contributed by atoms with E-state index in [1.807, 2.05) is 0 Å². The maximum absolute atomic E-state index is 10.8. The van der Waals surface area contributed by atoms with E-state index in [2.05, 4.69) is 9.97 Å². The first-order valence-electron chi connectivity index (χ1n) is 4.46. The van der Waals surface area contributed by atoms with Crippen molar-refractivity contribution in [3.8, 4) is 11.1 Å². The summed E-state index contributed by atoms with van der Waals surface area (Å²) in [6.45, 7) is 0. The molecule has 1 aromatic heterocycles. The number of carboxylic acids is 1. The number of aromatic carboxylic acids is 1. The fourth-order valence-electron chi connectivity index (χ4n) is 1.32. The normalized spacial score (nSPS) is 10.1. The Labute approximate surface area is 96.6 Å². The zero-order valence-electron chi connectivity index (χ0n) is 8.09. The number of carboxylic acid groups (broad SMARTS) is 1. The Morgan fingerprint density at radius 1 is 1.19 bits per heavy atom. The fraction of sp³-hybridized carbons (Fsp3) is 0. The monoisotopic (exact) mass is 234 g/mol. The molecule has 0 aliphatic carbocycles. The summed E-state index contributed by atoms with van der Waals surface area (Å²) in [7, 11) is 0. The van der Waals surface area contributed by atoms with Crippen LogP contribution in [0.4, 0.5) is 0 Å². The lowest BCUT2D eigenvalue weighted by Gasteiger charge is -2.03. The lowest BCUT2D eigenvalue weighted by molar-refractivity contribution is 0.0697. The highest BCUT2D eigenvalue weighted by atomic mass is 35.5. The van der Waals surface area contributed by atoms with Gasteiger partial charge in [0.05, 0.1) is 10.6 Å². The summed E-state index contributed by atoms with van der Waals surface area (Å²) in [6.07, 6.45) is 4.70. The van der Waals surface area contributed by atoms with Crippen LogP contribution in [0.25, 0.3) is 11.1 Å². The topological polar surface area (TPSA) is 63.1 Å². The number of halogens is 1. The van der Waals surface area contributed by atoms with Crippen LogP contribution in [0.1, 0.15) is 10.4 Å². The van der Waals surface area contributed by atoms with E-state index in [1.54, 1.807) is 24.5 Å². The number of rotatable bonds is 2. The maximum atomic E-state index is 10.8. The van der Waals surface area contributed by atoms with Crippen molar-refractivity contribution in [3.05, 3.63) is 47.5 Å². The van der Waals surface area contributed by atoms with E-state index in [1.165, 1.54) is 12.4 Å². The van der Waals surface area contributed by atoms with E-state index in [0.29, 0.717) is 0 Å². The Morgan fingerprint density at radius 2 is 1.88 bits per heavy atom. The van der Waals surface area contributed by atoms with Gasteiger partial charge < -0.3 is 5.11 Å². The molecule has 0 unspecified atom stereocenters. The number of hydrogen-bond donors (Lipinski definition) is 1. The molecule has 16 heavy (non-hydrogen) atoms. The Balaban J connectivity index is 2.46. The summed E-state index contributed by atoms with van der Waals surface area (Å²) in [5.41, 5.74) is 1.67. The number of aromatic nitrogens is 2. The Morgan fingerprint density at radius 3 is 2.44 bits per heavy atom. The van der Waals surface area contributed by atoms with Crippen molar-refractivity contribution in [2.45, 2.75) is 0 Å². The highest BCUT2D eigenvalue weighted by molar-refractivity contribution is 6.33. The first-order valence-corrected chi connectivity index (χ1v) is 4.84. The fourth-order valence-corrected chi connectivity index (χ4v) is 1.58. The third-order valence-electron chi connectivity index (χ3n) is 2.09. The largest absolute Gasteiger partial charge is 0.478 e. The molecule has 1 heterocycles. The summed E-state index contributed by atoms with van der Waals surface area (Å²) in [5, 5.41) is 9.02. The summed E-state index contributed by atoms with van der Waals surface area (Å²) in [5.74, 6) is -1.04. The van der Waals surface area contributed by atoms with Gasteiger partial charge in [0.2, 0.25) is 0 Å². The van der Waals surface area contributed by atoms with E-state index in [0.717, 1.165) is 11.1 Å². The minimum Gasteiger partial charge on any atom is -0.478 e. The first kappa shape index (κ1) is 10.6. The van der Waals surface area contributed by atoms with Crippen molar-refractivity contribution in [1.29, 1.82) is 0 Å². The van der Waals surface area contributed by atoms with Crippen LogP contribution in [-0.2, 0) is 0 Å². The third kappa shape index (κ3) is 2.01. The van der Waals surface area contributed by atoms with E-state index >= 15 is 0 Å². The zero-order chi connectivity index (χ0) is 11.5. The molecule has 0 spiro atoms. The standard InChI is InChI=1S/C11H7ClN2O2/c12-10-3-7(1-2-9(10)11(15)16)8-4-13-6-14-5-8/h1-6H,(H,15,16). The van der Waals surface area contributed by atoms with Crippen LogP contribution < -0.4 is 0 Å². The van der Waals surface area contributed by atoms with Crippen LogP contribution in [0.2, 0.25) is 5.02 Å². The Kier molecular flexibility index (Phi) is 2.83. The van der Waals surface area contributed by atoms with Crippen LogP contribution in [-0.4, -0.2) is 21.0 Å². The number of benzene rings is 1. The first-order chi connectivity index (χ1) is 7.68. The summed E-state index contributed by atoms with van der Waals surface area (Å²) < 4.78 is 0. The molecule has 80 valence electrons. The van der Waals surface area contributed by atoms with Gasteiger partial charge in [-0.2, -0.15) is 0 Å². The lowest BCUT2D eigenvalue weighted by atomic mass is 10.1. The molecule has 0 radical (unpaired) electrons. The van der Waals surface area contributed by atoms with Crippen molar-refractivity contribution < 1.29 is 9.90 Å². The molecule has 1 N–H and O–H groups in total. The van der Waals surface area contributed by atoms with Crippen LogP contribution in [0.5, 0.6) is 0 Å². The summed E-state index contributed by atoms with van der Waals surface area (Å²) >= 11 is 5.85. The van der Waals surface area contributed by atoms with Gasteiger partial charge in [-0.25, -0.2) is 14.8 Å². The average molecular weight is 235 g/mol. The van der Waals surface area contributed by atoms with Gasteiger partial charge in [0, 0.05) is 18.0 Å². The van der Waals surface area contributed by atoms with Gasteiger partial charge in [-0.3, -0.25) is 0 Å². The van der Waals surface area contributed by atoms with Crippen LogP contribution in [0, 0.1) is 0 Å². The van der Waals surface area contributed by atoms with Crippen molar-refractivity contribution in [1.82, 2.24) is 9.97 Å². The number of carbonyl (C=O) groups is 1. The minimum atomic E-state index is -1.04. The quantitative estimate of drug-likeness (QED) is 0.867. The van der Waals surface area contributed by atoms with Gasteiger partial charge in [-0.15, -0.1) is 0 Å². The molecule has 0 amide bonds. The second kappa shape index (κ2) is 4.28. The molecule has 0 saturated heterocycles. The maximum Gasteiger partial charge on any atom is 0.337 e. The van der Waals surface area contributed by atoms with E-state index in [9.17, 15) is 4.79 Å². The van der Waals surface area contributed by atoms with Gasteiger partial charge in [-0.05, 0) is 17.7 Å². The second-order valence-corrected chi connectivity index (χ2v) is 3.53. The predicted octanol–water partition coefficient (Wildman–Crippen LogP) is 2.50. The van der Waals surface area contributed by atoms with Crippen molar-refractivity contribution >= 4 is 17.6 Å². The van der Waals surface area contributed by atoms with Crippen molar-refractivity contribution in [2.24, 2.45) is 0 Å². The SMILES string of the molecule is O=C(O)c1ccc(-c2cncnc2)cc1Cl. The molecule has 0 bridgehead atoms. The minimum absolute atomic E-state index is 0.0854. The zero-order valence-corrected chi connectivity index (χ0v) is 8.85. The van der Waals surface area contributed by atoms with Crippen molar-refractivity contribution in [2.75, 3.05) is 0 Å². The molecule has 0 atom stereocenters. The molecular weight excluding hydrogens is 228 g/mol. The molecule has 0 saturated carbocycles. The molecule has 2 aromatic rings. The molecule has 0 fully saturated rings. The Bertz CT molecular complexity index is 529. The van der Waals surface area contributed by atoms with E-state index in [-0.39, 0.29) is 10.6 Å². The lowest BCUT2D eigenvalue weighted by Crippen LogP contribution is -1.97. The molecular formula is C11H7ClN2O2. The van der Waals surface area contributed by atoms with Crippen molar-refractivity contribution in [3.63, 3.8) is 0 Å². The molecule has 2 rings (SSSR count). The molecule has 5 heteroatoms. The summed E-state index contributed by atoms with van der Waals surface area (Å²) in [6, 6.07) is 4.73. The highest BCUT2D eigenvalue weighted by Gasteiger charge is 2.09. The van der Waals surface area contributed by atoms with E-state index in [4.69, 9.17) is 16.7 Å². The smallest absolute Gasteiger partial charge is 0.337 e. The molecule has 1 aromatic carbocycles. The van der Waals surface area contributed by atoms with Gasteiger partial charge in [0.15, 0.2) is 0 Å². The van der Waals surface area contributed by atoms with Crippen LogP contribution in [0.15, 0.2) is 36.9 Å². The van der Waals surface area contributed by atoms with Gasteiger partial charge in [0.25, 0.3) is 0 Å². The third-order valence-corrected chi connectivity index (χ3v) is 2.41. The summed E-state index contributed by atoms with van der Waals surface area (Å²) in [4.78, 5) is 18.5. The molecule has 0 aliphatic rings. The molecule has 4 nitrogen and oxygen atoms in total. The van der Waals surface area contributed by atoms with Gasteiger partial charge in [0.1, 0.15) is 6.33 Å². The van der Waals surface area contributed by atoms with Crippen LogP contribution in [0.3, 0.4) is 0 Å². The highest BCUT2D eigenvalue weighted by Crippen LogP contribution is 2.24. The van der Waals surface area contributed by atoms with Gasteiger partial charge >= 0.3 is 5.97 Å². The van der Waals surface area contributed by atoms with Gasteiger partial charge in [-0.1, -0.05) is 17.7 Å². The van der Waals surface area contributed by atoms with E-state index < -0.39 is 5.97 Å². The second-order valence-electron chi connectivity index (χ2n) is 3.13. The number of hydrogen-bond acceptors (Lipinski definition) is 3. The predicted molar refractivity (Wildman–Crippen MR) is 59.4 cm³/mol. The molecule has 0 aliphatic heterocycles. The average Bonchev–Trinajstić information content (AvgIpc) is 2.29. The number of nitrogens with zero attached hydrogens (tertiary/aromatic N) is 2.